The van der Waals surface area contributed by atoms with Crippen molar-refractivity contribution in [3.8, 4) is 0 Å². The molecule has 3 heterocycles. The highest BCUT2D eigenvalue weighted by atomic mass is 19.1. The van der Waals surface area contributed by atoms with Gasteiger partial charge in [-0.05, 0) is 42.9 Å². The van der Waals surface area contributed by atoms with Crippen LogP contribution >= 0.6 is 0 Å². The van der Waals surface area contributed by atoms with Crippen LogP contribution in [0.4, 0.5) is 4.39 Å². The number of likely N-dealkylation sites (N-methyl/N-ethyl adjacent to an activating group) is 1. The number of aliphatic hydroxyl groups is 1. The van der Waals surface area contributed by atoms with Gasteiger partial charge >= 0.3 is 11.8 Å². The molecule has 33 heavy (non-hydrogen) atoms. The number of carbonyl (C=O) groups is 3. The topological polar surface area (TPSA) is 148 Å². The maximum Gasteiger partial charge on any atom is 0.312 e. The molecule has 3 amide bonds. The minimum atomic E-state index is -1.48. The zero-order chi connectivity index (χ0) is 23.9. The Morgan fingerprint density at radius 2 is 2.03 bits per heavy atom. The minimum absolute atomic E-state index is 0.0240. The molecule has 1 fully saturated rings. The number of hydrogen-bond donors (Lipinski definition) is 3. The van der Waals surface area contributed by atoms with Gasteiger partial charge in [-0.3, -0.25) is 23.7 Å². The summed E-state index contributed by atoms with van der Waals surface area (Å²) in [5, 5.41) is 13.7. The van der Waals surface area contributed by atoms with Crippen LogP contribution in [0.25, 0.3) is 0 Å². The lowest BCUT2D eigenvalue weighted by Gasteiger charge is -2.46. The Balaban J connectivity index is 1.74. The molecule has 0 saturated heterocycles. The first-order valence-electron chi connectivity index (χ1n) is 10.5. The summed E-state index contributed by atoms with van der Waals surface area (Å²) in [6.45, 7) is 0.352. The highest BCUT2D eigenvalue weighted by Gasteiger charge is 2.54. The SMILES string of the molecule is CN(C(=O)C(N)=O)C12CCC(C[C@@H]1O)Cn1c2nc(C(=O)NCc2ccc(F)cc2)cc1=O. The van der Waals surface area contributed by atoms with Gasteiger partial charge in [0, 0.05) is 26.2 Å². The van der Waals surface area contributed by atoms with Gasteiger partial charge in [0.2, 0.25) is 0 Å². The molecule has 5 rings (SSSR count). The number of amides is 3. The number of nitrogens with one attached hydrogen (secondary N) is 1. The van der Waals surface area contributed by atoms with E-state index in [-0.39, 0.29) is 36.9 Å². The van der Waals surface area contributed by atoms with Crippen LogP contribution in [0, 0.1) is 11.7 Å². The molecule has 2 aromatic rings. The fourth-order valence-electron chi connectivity index (χ4n) is 4.80. The van der Waals surface area contributed by atoms with Crippen LogP contribution in [-0.4, -0.2) is 50.4 Å². The Kier molecular flexibility index (Phi) is 5.75. The number of halogens is 1. The Labute approximate surface area is 188 Å². The number of nitrogens with two attached hydrogens (primary N) is 1. The second-order valence-corrected chi connectivity index (χ2v) is 8.53. The summed E-state index contributed by atoms with van der Waals surface area (Å²) >= 11 is 0. The second-order valence-electron chi connectivity index (χ2n) is 8.53. The largest absolute Gasteiger partial charge is 0.390 e. The summed E-state index contributed by atoms with van der Waals surface area (Å²) in [6, 6.07) is 6.67. The molecule has 4 N–H and O–H groups in total. The van der Waals surface area contributed by atoms with Gasteiger partial charge in [-0.25, -0.2) is 9.37 Å². The van der Waals surface area contributed by atoms with E-state index in [0.29, 0.717) is 18.4 Å². The lowest BCUT2D eigenvalue weighted by Crippen LogP contribution is -2.59. The fraction of sp³-hybridized carbons (Fsp3) is 0.409. The van der Waals surface area contributed by atoms with Crippen molar-refractivity contribution in [2.45, 2.75) is 44.0 Å². The van der Waals surface area contributed by atoms with Crippen molar-refractivity contribution in [1.29, 1.82) is 0 Å². The van der Waals surface area contributed by atoms with Gasteiger partial charge in [0.05, 0.1) is 6.10 Å². The van der Waals surface area contributed by atoms with Gasteiger partial charge < -0.3 is 21.1 Å². The number of nitrogens with zero attached hydrogens (tertiary/aromatic N) is 3. The number of aliphatic hydroxyl groups excluding tert-OH is 1. The van der Waals surface area contributed by atoms with Crippen molar-refractivity contribution in [2.75, 3.05) is 7.05 Å². The third-order valence-electron chi connectivity index (χ3n) is 6.59. The lowest BCUT2D eigenvalue weighted by atomic mass is 9.74. The van der Waals surface area contributed by atoms with Crippen LogP contribution in [0.5, 0.6) is 0 Å². The van der Waals surface area contributed by atoms with Crippen molar-refractivity contribution >= 4 is 17.7 Å². The molecule has 174 valence electrons. The van der Waals surface area contributed by atoms with Crippen LogP contribution in [0.3, 0.4) is 0 Å². The third-order valence-corrected chi connectivity index (χ3v) is 6.59. The summed E-state index contributed by atoms with van der Waals surface area (Å²) in [6.07, 6.45) is 0.0254. The predicted molar refractivity (Wildman–Crippen MR) is 113 cm³/mol. The van der Waals surface area contributed by atoms with Crippen LogP contribution in [0.1, 0.15) is 41.1 Å². The van der Waals surface area contributed by atoms with Gasteiger partial charge in [0.25, 0.3) is 11.5 Å². The van der Waals surface area contributed by atoms with Crippen LogP contribution in [0.15, 0.2) is 35.1 Å². The summed E-state index contributed by atoms with van der Waals surface area (Å²) in [7, 11) is 1.33. The molecule has 1 aliphatic carbocycles. The number of primary amides is 1. The van der Waals surface area contributed by atoms with Gasteiger partial charge in [-0.2, -0.15) is 0 Å². The first-order valence-corrected chi connectivity index (χ1v) is 10.5. The van der Waals surface area contributed by atoms with E-state index >= 15 is 0 Å². The molecule has 2 bridgehead atoms. The van der Waals surface area contributed by atoms with Gasteiger partial charge in [0.15, 0.2) is 0 Å². The molecular weight excluding hydrogens is 433 g/mol. The molecule has 11 heteroatoms. The number of aromatic nitrogens is 2. The fourth-order valence-corrected chi connectivity index (χ4v) is 4.80. The first kappa shape index (κ1) is 22.6. The molecule has 0 spiro atoms. The predicted octanol–water partition coefficient (Wildman–Crippen LogP) is -0.374. The summed E-state index contributed by atoms with van der Waals surface area (Å²) in [4.78, 5) is 55.3. The Morgan fingerprint density at radius 1 is 1.33 bits per heavy atom. The van der Waals surface area contributed by atoms with Gasteiger partial charge in [0.1, 0.15) is 22.9 Å². The smallest absolute Gasteiger partial charge is 0.312 e. The number of rotatable bonds is 4. The summed E-state index contributed by atoms with van der Waals surface area (Å²) in [5.74, 6) is -3.25. The van der Waals surface area contributed by atoms with E-state index in [1.165, 1.54) is 35.9 Å². The van der Waals surface area contributed by atoms with Crippen molar-refractivity contribution in [3.05, 3.63) is 63.6 Å². The van der Waals surface area contributed by atoms with Crippen LogP contribution < -0.4 is 16.6 Å². The van der Waals surface area contributed by atoms with E-state index in [2.05, 4.69) is 10.3 Å². The van der Waals surface area contributed by atoms with E-state index in [0.717, 1.165) is 11.0 Å². The second kappa shape index (κ2) is 8.39. The first-order chi connectivity index (χ1) is 15.6. The van der Waals surface area contributed by atoms with E-state index in [1.807, 2.05) is 0 Å². The zero-order valence-electron chi connectivity index (χ0n) is 18.0. The standard InChI is InChI=1S/C22H24FN5O5/c1-27(20(33)18(24)31)22-7-6-13(8-16(22)29)11-28-17(30)9-15(26-21(22)28)19(32)25-10-12-2-4-14(23)5-3-12/h2-5,9,13,16,29H,6-8,10-11H2,1H3,(H2,24,31)(H,25,32)/t13?,16-,22?/m0/s1. The average molecular weight is 457 g/mol. The van der Waals surface area contributed by atoms with Gasteiger partial charge in [-0.15, -0.1) is 0 Å². The molecule has 10 nitrogen and oxygen atoms in total. The molecule has 1 aromatic heterocycles. The minimum Gasteiger partial charge on any atom is -0.390 e. The maximum absolute atomic E-state index is 13.1. The average Bonchev–Trinajstić information content (AvgIpc) is 3.02. The van der Waals surface area contributed by atoms with Crippen molar-refractivity contribution in [2.24, 2.45) is 11.7 Å². The number of benzene rings is 1. The Morgan fingerprint density at radius 3 is 2.67 bits per heavy atom. The van der Waals surface area contributed by atoms with Crippen molar-refractivity contribution in [1.82, 2.24) is 19.8 Å². The zero-order valence-corrected chi connectivity index (χ0v) is 18.0. The summed E-state index contributed by atoms with van der Waals surface area (Å²) < 4.78 is 14.4. The Hall–Kier alpha value is -3.60. The van der Waals surface area contributed by atoms with Crippen LogP contribution in [-0.2, 0) is 28.2 Å². The highest BCUT2D eigenvalue weighted by Crippen LogP contribution is 2.46. The lowest BCUT2D eigenvalue weighted by molar-refractivity contribution is -0.154. The highest BCUT2D eigenvalue weighted by molar-refractivity contribution is 6.34. The van der Waals surface area contributed by atoms with E-state index in [9.17, 15) is 28.7 Å². The maximum atomic E-state index is 13.1. The normalized spacial score (nSPS) is 23.4. The number of carbonyl (C=O) groups excluding carboxylic acids is 3. The molecule has 1 saturated carbocycles. The number of hydrogen-bond acceptors (Lipinski definition) is 6. The van der Waals surface area contributed by atoms with E-state index < -0.39 is 40.7 Å². The van der Waals surface area contributed by atoms with E-state index in [4.69, 9.17) is 5.73 Å². The van der Waals surface area contributed by atoms with E-state index in [1.54, 1.807) is 0 Å². The van der Waals surface area contributed by atoms with Crippen molar-refractivity contribution < 1.29 is 23.9 Å². The van der Waals surface area contributed by atoms with Gasteiger partial charge in [-0.1, -0.05) is 12.1 Å². The molecule has 2 aliphatic heterocycles. The molecule has 0 radical (unpaired) electrons. The molecule has 2 unspecified atom stereocenters. The van der Waals surface area contributed by atoms with Crippen LogP contribution in [0.2, 0.25) is 0 Å². The third kappa shape index (κ3) is 3.88. The number of fused-ring (bicyclic) bond motifs is 2. The monoisotopic (exact) mass is 457 g/mol. The molecule has 3 aliphatic rings. The Bertz CT molecular complexity index is 1180. The summed E-state index contributed by atoms with van der Waals surface area (Å²) in [5.41, 5.74) is 3.67. The quantitative estimate of drug-likeness (QED) is 0.534. The van der Waals surface area contributed by atoms with Crippen molar-refractivity contribution in [3.63, 3.8) is 0 Å². The molecular formula is C22H24FN5O5. The molecule has 3 atom stereocenters. The molecule has 1 aromatic carbocycles.